The van der Waals surface area contributed by atoms with E-state index in [1.54, 1.807) is 14.2 Å². The van der Waals surface area contributed by atoms with E-state index in [2.05, 4.69) is 42.8 Å². The molecular formula is C14H26O. The number of aryl methyl sites for hydroxylation is 2. The van der Waals surface area contributed by atoms with Crippen molar-refractivity contribution in [1.82, 2.24) is 0 Å². The summed E-state index contributed by atoms with van der Waals surface area (Å²) in [6, 6.07) is 8.77. The third kappa shape index (κ3) is 9.48. The summed E-state index contributed by atoms with van der Waals surface area (Å²) in [5, 5.41) is 0. The zero-order valence-corrected chi connectivity index (χ0v) is 11.1. The molecule has 88 valence electrons. The van der Waals surface area contributed by atoms with Crippen molar-refractivity contribution in [3.63, 3.8) is 0 Å². The highest BCUT2D eigenvalue weighted by Crippen LogP contribution is 2.05. The van der Waals surface area contributed by atoms with Crippen LogP contribution in [0.2, 0.25) is 0 Å². The fourth-order valence-corrected chi connectivity index (χ4v) is 1.07. The van der Waals surface area contributed by atoms with Crippen LogP contribution < -0.4 is 0 Å². The predicted octanol–water partition coefficient (Wildman–Crippen LogP) is 4.10. The lowest BCUT2D eigenvalue weighted by atomic mass is 10.1. The molecule has 0 atom stereocenters. The quantitative estimate of drug-likeness (QED) is 0.714. The van der Waals surface area contributed by atoms with Crippen LogP contribution in [0.4, 0.5) is 0 Å². The van der Waals surface area contributed by atoms with Crippen molar-refractivity contribution in [1.29, 1.82) is 0 Å². The number of hydrogen-bond acceptors (Lipinski definition) is 1. The van der Waals surface area contributed by atoms with Crippen LogP contribution in [-0.2, 0) is 17.6 Å². The third-order valence-corrected chi connectivity index (χ3v) is 1.81. The van der Waals surface area contributed by atoms with Crippen molar-refractivity contribution in [2.45, 2.75) is 40.5 Å². The largest absolute Gasteiger partial charge is 0.388 e. The van der Waals surface area contributed by atoms with Crippen molar-refractivity contribution < 1.29 is 4.74 Å². The summed E-state index contributed by atoms with van der Waals surface area (Å²) in [5.41, 5.74) is 2.89. The van der Waals surface area contributed by atoms with E-state index in [-0.39, 0.29) is 0 Å². The summed E-state index contributed by atoms with van der Waals surface area (Å²) in [6.45, 7) is 8.38. The van der Waals surface area contributed by atoms with E-state index in [1.165, 1.54) is 11.1 Å². The van der Waals surface area contributed by atoms with Crippen molar-refractivity contribution >= 4 is 0 Å². The second kappa shape index (κ2) is 13.2. The molecule has 1 nitrogen and oxygen atoms in total. The molecule has 0 amide bonds. The molecule has 0 aliphatic heterocycles. The van der Waals surface area contributed by atoms with Gasteiger partial charge in [0.2, 0.25) is 0 Å². The van der Waals surface area contributed by atoms with Gasteiger partial charge >= 0.3 is 0 Å². The van der Waals surface area contributed by atoms with Gasteiger partial charge in [0.1, 0.15) is 0 Å². The minimum atomic E-state index is 1.15. The smallest absolute Gasteiger partial charge is 0.0351 e. The van der Waals surface area contributed by atoms with Crippen LogP contribution in [0, 0.1) is 0 Å². The van der Waals surface area contributed by atoms with Gasteiger partial charge in [-0.15, -0.1) is 0 Å². The number of rotatable bonds is 2. The van der Waals surface area contributed by atoms with Crippen LogP contribution in [0.3, 0.4) is 0 Å². The molecule has 1 rings (SSSR count). The Morgan fingerprint density at radius 3 is 1.53 bits per heavy atom. The molecule has 0 spiro atoms. The van der Waals surface area contributed by atoms with E-state index in [0.29, 0.717) is 0 Å². The van der Waals surface area contributed by atoms with Crippen molar-refractivity contribution in [3.05, 3.63) is 35.4 Å². The molecule has 0 unspecified atom stereocenters. The summed E-state index contributed by atoms with van der Waals surface area (Å²) in [5.74, 6) is 0. The molecule has 1 heteroatoms. The lowest BCUT2D eigenvalue weighted by Crippen LogP contribution is -1.83. The lowest BCUT2D eigenvalue weighted by Gasteiger charge is -1.98. The normalized spacial score (nSPS) is 8.13. The maximum absolute atomic E-state index is 4.25. The van der Waals surface area contributed by atoms with Crippen molar-refractivity contribution in [2.24, 2.45) is 0 Å². The van der Waals surface area contributed by atoms with Crippen LogP contribution in [0.1, 0.15) is 38.8 Å². The first kappa shape index (κ1) is 16.6. The molecule has 0 aliphatic carbocycles. The Kier molecular flexibility index (Phi) is 14.6. The average molecular weight is 210 g/mol. The zero-order valence-electron chi connectivity index (χ0n) is 11.1. The fourth-order valence-electron chi connectivity index (χ4n) is 1.07. The van der Waals surface area contributed by atoms with Gasteiger partial charge in [0.05, 0.1) is 0 Å². The second-order valence-electron chi connectivity index (χ2n) is 2.94. The summed E-state index contributed by atoms with van der Waals surface area (Å²) in [6.07, 6.45) is 2.29. The summed E-state index contributed by atoms with van der Waals surface area (Å²) < 4.78 is 4.25. The lowest BCUT2D eigenvalue weighted by molar-refractivity contribution is 0.277. The number of benzene rings is 1. The molecule has 0 fully saturated rings. The topological polar surface area (TPSA) is 9.23 Å². The number of ether oxygens (including phenoxy) is 1. The minimum Gasteiger partial charge on any atom is -0.388 e. The maximum Gasteiger partial charge on any atom is 0.0351 e. The van der Waals surface area contributed by atoms with Crippen LogP contribution in [0.15, 0.2) is 24.3 Å². The van der Waals surface area contributed by atoms with Gasteiger partial charge in [0, 0.05) is 14.2 Å². The molecule has 0 heterocycles. The fraction of sp³-hybridized carbons (Fsp3) is 0.571. The van der Waals surface area contributed by atoms with E-state index >= 15 is 0 Å². The molecule has 0 bridgehead atoms. The van der Waals surface area contributed by atoms with Gasteiger partial charge in [0.25, 0.3) is 0 Å². The Bertz CT molecular complexity index is 199. The van der Waals surface area contributed by atoms with Crippen LogP contribution in [-0.4, -0.2) is 14.2 Å². The Morgan fingerprint density at radius 2 is 1.27 bits per heavy atom. The number of methoxy groups -OCH3 is 1. The summed E-state index contributed by atoms with van der Waals surface area (Å²) in [7, 11) is 3.25. The van der Waals surface area contributed by atoms with E-state index in [1.807, 2.05) is 13.8 Å². The van der Waals surface area contributed by atoms with Gasteiger partial charge in [-0.2, -0.15) is 0 Å². The first-order valence-electron chi connectivity index (χ1n) is 5.76. The Morgan fingerprint density at radius 1 is 0.933 bits per heavy atom. The zero-order chi connectivity index (χ0) is 12.1. The SMILES string of the molecule is CC.CCc1cccc(CC)c1.COC. The third-order valence-electron chi connectivity index (χ3n) is 1.81. The van der Waals surface area contributed by atoms with Gasteiger partial charge in [-0.3, -0.25) is 0 Å². The molecule has 0 aliphatic rings. The van der Waals surface area contributed by atoms with Gasteiger partial charge < -0.3 is 4.74 Å². The molecule has 1 aromatic carbocycles. The minimum absolute atomic E-state index is 1.15. The van der Waals surface area contributed by atoms with Gasteiger partial charge in [-0.25, -0.2) is 0 Å². The molecule has 1 aromatic rings. The van der Waals surface area contributed by atoms with E-state index in [4.69, 9.17) is 0 Å². The maximum atomic E-state index is 4.25. The highest BCUT2D eigenvalue weighted by Gasteiger charge is 1.89. The summed E-state index contributed by atoms with van der Waals surface area (Å²) >= 11 is 0. The second-order valence-corrected chi connectivity index (χ2v) is 2.94. The molecule has 0 aromatic heterocycles. The standard InChI is InChI=1S/C10H14.C2H6O.C2H6/c1-3-9-6-5-7-10(4-2)8-9;1-3-2;1-2/h5-8H,3-4H2,1-2H3;1-2H3;1-2H3. The van der Waals surface area contributed by atoms with Crippen molar-refractivity contribution in [3.8, 4) is 0 Å². The van der Waals surface area contributed by atoms with Crippen LogP contribution >= 0.6 is 0 Å². The Balaban J connectivity index is 0. The molecule has 0 saturated carbocycles. The first-order chi connectivity index (χ1) is 7.28. The molecule has 0 saturated heterocycles. The van der Waals surface area contributed by atoms with E-state index in [0.717, 1.165) is 12.8 Å². The van der Waals surface area contributed by atoms with E-state index in [9.17, 15) is 0 Å². The predicted molar refractivity (Wildman–Crippen MR) is 69.5 cm³/mol. The first-order valence-corrected chi connectivity index (χ1v) is 5.76. The van der Waals surface area contributed by atoms with Crippen molar-refractivity contribution in [2.75, 3.05) is 14.2 Å². The Hall–Kier alpha value is -0.820. The highest BCUT2D eigenvalue weighted by molar-refractivity contribution is 5.23. The van der Waals surface area contributed by atoms with Crippen LogP contribution in [0.5, 0.6) is 0 Å². The van der Waals surface area contributed by atoms with E-state index < -0.39 is 0 Å². The molecule has 15 heavy (non-hydrogen) atoms. The summed E-state index contributed by atoms with van der Waals surface area (Å²) in [4.78, 5) is 0. The van der Waals surface area contributed by atoms with Gasteiger partial charge in [0.15, 0.2) is 0 Å². The highest BCUT2D eigenvalue weighted by atomic mass is 16.4. The van der Waals surface area contributed by atoms with Gasteiger partial charge in [-0.05, 0) is 24.0 Å². The number of hydrogen-bond donors (Lipinski definition) is 0. The van der Waals surface area contributed by atoms with Crippen LogP contribution in [0.25, 0.3) is 0 Å². The monoisotopic (exact) mass is 210 g/mol. The average Bonchev–Trinajstić information content (AvgIpc) is 2.33. The molecular weight excluding hydrogens is 184 g/mol. The molecule has 0 radical (unpaired) electrons. The molecule has 0 N–H and O–H groups in total. The van der Waals surface area contributed by atoms with Gasteiger partial charge in [-0.1, -0.05) is 52.0 Å². The Labute approximate surface area is 95.5 Å².